The first-order valence-electron chi connectivity index (χ1n) is 3.76. The molecule has 5 heteroatoms. The number of aldehydes is 1. The lowest BCUT2D eigenvalue weighted by Crippen LogP contribution is -2.26. The zero-order valence-electron chi connectivity index (χ0n) is 7.61. The second-order valence-corrected chi connectivity index (χ2v) is 2.34. The molecular formula is C8H12O5. The molecular weight excluding hydrogens is 176 g/mol. The molecule has 0 radical (unpaired) electrons. The van der Waals surface area contributed by atoms with Gasteiger partial charge in [0.1, 0.15) is 6.29 Å². The molecule has 0 N–H and O–H groups in total. The van der Waals surface area contributed by atoms with E-state index in [1.54, 1.807) is 0 Å². The highest BCUT2D eigenvalue weighted by molar-refractivity contribution is 5.94. The van der Waals surface area contributed by atoms with E-state index < -0.39 is 17.9 Å². The Labute approximate surface area is 76.0 Å². The SMILES string of the molecule is COC(=O)C(CCC=O)C(=O)OC. The molecule has 0 saturated carbocycles. The molecule has 0 aromatic rings. The normalized spacial score (nSPS) is 9.46. The molecule has 0 unspecified atom stereocenters. The number of ether oxygens (including phenoxy) is 2. The summed E-state index contributed by atoms with van der Waals surface area (Å²) in [6.45, 7) is 0. The molecule has 0 spiro atoms. The Balaban J connectivity index is 4.26. The van der Waals surface area contributed by atoms with Crippen molar-refractivity contribution in [3.8, 4) is 0 Å². The molecule has 0 aromatic heterocycles. The third-order valence-electron chi connectivity index (χ3n) is 1.54. The van der Waals surface area contributed by atoms with Crippen molar-refractivity contribution < 1.29 is 23.9 Å². The Morgan fingerprint density at radius 1 is 1.23 bits per heavy atom. The topological polar surface area (TPSA) is 69.7 Å². The lowest BCUT2D eigenvalue weighted by atomic mass is 10.0. The molecule has 0 aliphatic carbocycles. The van der Waals surface area contributed by atoms with E-state index in [4.69, 9.17) is 0 Å². The van der Waals surface area contributed by atoms with E-state index in [2.05, 4.69) is 9.47 Å². The number of esters is 2. The number of carbonyl (C=O) groups is 3. The van der Waals surface area contributed by atoms with E-state index in [1.165, 1.54) is 14.2 Å². The van der Waals surface area contributed by atoms with Gasteiger partial charge in [0.25, 0.3) is 0 Å². The van der Waals surface area contributed by atoms with Crippen LogP contribution in [0.15, 0.2) is 0 Å². The van der Waals surface area contributed by atoms with Gasteiger partial charge >= 0.3 is 11.9 Å². The lowest BCUT2D eigenvalue weighted by Gasteiger charge is -2.09. The van der Waals surface area contributed by atoms with Gasteiger partial charge in [0.15, 0.2) is 5.92 Å². The second-order valence-electron chi connectivity index (χ2n) is 2.34. The van der Waals surface area contributed by atoms with Gasteiger partial charge in [0.2, 0.25) is 0 Å². The Morgan fingerprint density at radius 3 is 2.00 bits per heavy atom. The maximum Gasteiger partial charge on any atom is 0.320 e. The van der Waals surface area contributed by atoms with Gasteiger partial charge in [-0.2, -0.15) is 0 Å². The summed E-state index contributed by atoms with van der Waals surface area (Å²) in [6.07, 6.45) is 0.899. The quantitative estimate of drug-likeness (QED) is 0.343. The second kappa shape index (κ2) is 6.16. The molecule has 0 rings (SSSR count). The summed E-state index contributed by atoms with van der Waals surface area (Å²) in [5.41, 5.74) is 0. The summed E-state index contributed by atoms with van der Waals surface area (Å²) >= 11 is 0. The minimum absolute atomic E-state index is 0.128. The standard InChI is InChI=1S/C8H12O5/c1-12-7(10)6(4-3-5-9)8(11)13-2/h5-6H,3-4H2,1-2H3. The number of hydrogen-bond donors (Lipinski definition) is 0. The zero-order chi connectivity index (χ0) is 10.3. The summed E-state index contributed by atoms with van der Waals surface area (Å²) in [4.78, 5) is 32.0. The van der Waals surface area contributed by atoms with Crippen molar-refractivity contribution in [1.82, 2.24) is 0 Å². The molecule has 0 amide bonds. The Kier molecular flexibility index (Phi) is 5.50. The Morgan fingerprint density at radius 2 is 1.69 bits per heavy atom. The predicted molar refractivity (Wildman–Crippen MR) is 42.8 cm³/mol. The number of carbonyl (C=O) groups excluding carboxylic acids is 3. The monoisotopic (exact) mass is 188 g/mol. The van der Waals surface area contributed by atoms with Crippen LogP contribution in [0.5, 0.6) is 0 Å². The van der Waals surface area contributed by atoms with Gasteiger partial charge in [-0.05, 0) is 6.42 Å². The Hall–Kier alpha value is -1.39. The van der Waals surface area contributed by atoms with Crippen molar-refractivity contribution in [2.75, 3.05) is 14.2 Å². The fourth-order valence-electron chi connectivity index (χ4n) is 0.851. The Bertz CT molecular complexity index is 183. The average molecular weight is 188 g/mol. The van der Waals surface area contributed by atoms with Crippen LogP contribution < -0.4 is 0 Å². The molecule has 0 aliphatic rings. The average Bonchev–Trinajstić information content (AvgIpc) is 2.17. The molecule has 0 heterocycles. The molecule has 0 bridgehead atoms. The van der Waals surface area contributed by atoms with Crippen molar-refractivity contribution in [2.24, 2.45) is 5.92 Å². The maximum absolute atomic E-state index is 11.0. The molecule has 0 atom stereocenters. The van der Waals surface area contributed by atoms with Crippen molar-refractivity contribution in [1.29, 1.82) is 0 Å². The lowest BCUT2D eigenvalue weighted by molar-refractivity contribution is -0.159. The van der Waals surface area contributed by atoms with Crippen LogP contribution in [-0.2, 0) is 23.9 Å². The van der Waals surface area contributed by atoms with Gasteiger partial charge in [-0.25, -0.2) is 0 Å². The number of hydrogen-bond acceptors (Lipinski definition) is 5. The maximum atomic E-state index is 11.0. The first kappa shape index (κ1) is 11.6. The summed E-state index contributed by atoms with van der Waals surface area (Å²) in [5.74, 6) is -2.33. The molecule has 5 nitrogen and oxygen atoms in total. The summed E-state index contributed by atoms with van der Waals surface area (Å²) in [5, 5.41) is 0. The molecule has 0 aromatic carbocycles. The van der Waals surface area contributed by atoms with Crippen molar-refractivity contribution in [2.45, 2.75) is 12.8 Å². The van der Waals surface area contributed by atoms with Crippen LogP contribution in [0.3, 0.4) is 0 Å². The van der Waals surface area contributed by atoms with E-state index in [0.29, 0.717) is 6.29 Å². The van der Waals surface area contributed by atoms with Gasteiger partial charge in [-0.1, -0.05) is 0 Å². The van der Waals surface area contributed by atoms with Crippen LogP contribution in [0.4, 0.5) is 0 Å². The van der Waals surface area contributed by atoms with Gasteiger partial charge in [0.05, 0.1) is 14.2 Å². The molecule has 0 aliphatic heterocycles. The summed E-state index contributed by atoms with van der Waals surface area (Å²) < 4.78 is 8.75. The van der Waals surface area contributed by atoms with Crippen LogP contribution in [0, 0.1) is 5.92 Å². The van der Waals surface area contributed by atoms with E-state index in [9.17, 15) is 14.4 Å². The first-order valence-corrected chi connectivity index (χ1v) is 3.76. The molecule has 74 valence electrons. The van der Waals surface area contributed by atoms with E-state index >= 15 is 0 Å². The minimum atomic E-state index is -0.986. The van der Waals surface area contributed by atoms with Gasteiger partial charge < -0.3 is 14.3 Å². The van der Waals surface area contributed by atoms with Crippen LogP contribution in [0.1, 0.15) is 12.8 Å². The van der Waals surface area contributed by atoms with Crippen molar-refractivity contribution in [3.05, 3.63) is 0 Å². The summed E-state index contributed by atoms with van der Waals surface area (Å²) in [7, 11) is 2.36. The number of rotatable bonds is 5. The third-order valence-corrected chi connectivity index (χ3v) is 1.54. The predicted octanol–water partition coefficient (Wildman–Crippen LogP) is -0.0723. The highest BCUT2D eigenvalue weighted by Crippen LogP contribution is 2.09. The largest absolute Gasteiger partial charge is 0.468 e. The molecule has 0 saturated heterocycles. The van der Waals surface area contributed by atoms with Gasteiger partial charge in [0, 0.05) is 6.42 Å². The minimum Gasteiger partial charge on any atom is -0.468 e. The van der Waals surface area contributed by atoms with Gasteiger partial charge in [-0.15, -0.1) is 0 Å². The fourth-order valence-corrected chi connectivity index (χ4v) is 0.851. The highest BCUT2D eigenvalue weighted by Gasteiger charge is 2.27. The van der Waals surface area contributed by atoms with E-state index in [0.717, 1.165) is 0 Å². The summed E-state index contributed by atoms with van der Waals surface area (Å²) in [6, 6.07) is 0. The van der Waals surface area contributed by atoms with Crippen molar-refractivity contribution in [3.63, 3.8) is 0 Å². The number of methoxy groups -OCH3 is 2. The van der Waals surface area contributed by atoms with Gasteiger partial charge in [-0.3, -0.25) is 9.59 Å². The van der Waals surface area contributed by atoms with Crippen LogP contribution >= 0.6 is 0 Å². The van der Waals surface area contributed by atoms with Crippen LogP contribution in [0.2, 0.25) is 0 Å². The molecule has 13 heavy (non-hydrogen) atoms. The van der Waals surface area contributed by atoms with Crippen LogP contribution in [0.25, 0.3) is 0 Å². The zero-order valence-corrected chi connectivity index (χ0v) is 7.61. The van der Waals surface area contributed by atoms with E-state index in [1.807, 2.05) is 0 Å². The first-order chi connectivity index (χ1) is 6.17. The third kappa shape index (κ3) is 3.68. The van der Waals surface area contributed by atoms with Crippen LogP contribution in [-0.4, -0.2) is 32.4 Å². The smallest absolute Gasteiger partial charge is 0.320 e. The fraction of sp³-hybridized carbons (Fsp3) is 0.625. The molecule has 0 fully saturated rings. The highest BCUT2D eigenvalue weighted by atomic mass is 16.5. The van der Waals surface area contributed by atoms with E-state index in [-0.39, 0.29) is 12.8 Å². The van der Waals surface area contributed by atoms with Crippen molar-refractivity contribution >= 4 is 18.2 Å².